The zero-order valence-electron chi connectivity index (χ0n) is 12.9. The second kappa shape index (κ2) is 6.97. The molecule has 4 N–H and O–H groups in total. The molecule has 0 atom stereocenters. The average molecular weight is 293 g/mol. The summed E-state index contributed by atoms with van der Waals surface area (Å²) in [4.78, 5) is 23.1. The molecular weight excluding hydrogens is 270 g/mol. The number of nitrogens with one attached hydrogen (secondary N) is 2. The molecule has 0 heterocycles. The van der Waals surface area contributed by atoms with Gasteiger partial charge in [-0.3, -0.25) is 4.79 Å². The van der Waals surface area contributed by atoms with Crippen molar-refractivity contribution in [3.63, 3.8) is 0 Å². The normalized spacial score (nSPS) is 10.9. The molecule has 0 saturated carbocycles. The van der Waals surface area contributed by atoms with Crippen LogP contribution in [0.4, 0.5) is 10.5 Å². The van der Waals surface area contributed by atoms with Crippen LogP contribution in [0.25, 0.3) is 0 Å². The van der Waals surface area contributed by atoms with Crippen LogP contribution in [0.3, 0.4) is 0 Å². The van der Waals surface area contributed by atoms with E-state index in [2.05, 4.69) is 10.6 Å². The molecule has 0 unspecified atom stereocenters. The molecule has 21 heavy (non-hydrogen) atoms. The number of carbonyl (C=O) groups excluding carboxylic acids is 2. The fraction of sp³-hybridized carbons (Fsp3) is 0.467. The molecule has 6 heteroatoms. The third-order valence-corrected chi connectivity index (χ3v) is 3.04. The molecule has 0 aliphatic heterocycles. The van der Waals surface area contributed by atoms with Gasteiger partial charge in [-0.05, 0) is 45.4 Å². The van der Waals surface area contributed by atoms with Gasteiger partial charge in [0.1, 0.15) is 5.75 Å². The Bertz CT molecular complexity index is 527. The minimum Gasteiger partial charge on any atom is -0.492 e. The van der Waals surface area contributed by atoms with E-state index in [4.69, 9.17) is 10.5 Å². The molecule has 0 aliphatic carbocycles. The van der Waals surface area contributed by atoms with Crippen molar-refractivity contribution < 1.29 is 14.3 Å². The second-order valence-corrected chi connectivity index (χ2v) is 5.49. The number of nitrogens with two attached hydrogens (primary N) is 1. The van der Waals surface area contributed by atoms with Crippen LogP contribution in [0.2, 0.25) is 0 Å². The Morgan fingerprint density at radius 3 is 2.57 bits per heavy atom. The number of hydrogen-bond donors (Lipinski definition) is 3. The molecule has 0 saturated heterocycles. The molecule has 0 aliphatic rings. The Morgan fingerprint density at radius 1 is 1.33 bits per heavy atom. The van der Waals surface area contributed by atoms with Crippen LogP contribution in [-0.2, 0) is 4.79 Å². The molecule has 1 aromatic carbocycles. The molecule has 116 valence electrons. The minimum atomic E-state index is -0.798. The van der Waals surface area contributed by atoms with Crippen LogP contribution in [-0.4, -0.2) is 25.1 Å². The molecule has 1 rings (SSSR count). The van der Waals surface area contributed by atoms with E-state index in [0.717, 1.165) is 5.56 Å². The summed E-state index contributed by atoms with van der Waals surface area (Å²) in [5, 5.41) is 5.34. The highest BCUT2D eigenvalue weighted by atomic mass is 16.5. The van der Waals surface area contributed by atoms with Crippen LogP contribution in [0.1, 0.15) is 26.3 Å². The zero-order valence-corrected chi connectivity index (χ0v) is 12.9. The molecule has 0 bridgehead atoms. The van der Waals surface area contributed by atoms with Crippen LogP contribution in [0.5, 0.6) is 5.75 Å². The van der Waals surface area contributed by atoms with Gasteiger partial charge in [-0.1, -0.05) is 6.07 Å². The number of aryl methyl sites for hydroxylation is 1. The quantitative estimate of drug-likeness (QED) is 0.749. The predicted octanol–water partition coefficient (Wildman–Crippen LogP) is 2.03. The van der Waals surface area contributed by atoms with Crippen molar-refractivity contribution in [2.45, 2.75) is 27.7 Å². The summed E-state index contributed by atoms with van der Waals surface area (Å²) in [7, 11) is 0. The maximum Gasteiger partial charge on any atom is 0.319 e. The number of ether oxygens (including phenoxy) is 1. The van der Waals surface area contributed by atoms with Crippen molar-refractivity contribution in [1.29, 1.82) is 0 Å². The Kier molecular flexibility index (Phi) is 5.58. The molecule has 0 radical (unpaired) electrons. The first-order valence-electron chi connectivity index (χ1n) is 6.84. The van der Waals surface area contributed by atoms with Crippen molar-refractivity contribution >= 4 is 17.6 Å². The number of amides is 3. The lowest BCUT2D eigenvalue weighted by atomic mass is 9.93. The molecule has 0 spiro atoms. The van der Waals surface area contributed by atoms with Gasteiger partial charge in [-0.2, -0.15) is 0 Å². The van der Waals surface area contributed by atoms with Crippen LogP contribution in [0, 0.1) is 12.3 Å². The van der Waals surface area contributed by atoms with E-state index in [1.807, 2.05) is 26.0 Å². The van der Waals surface area contributed by atoms with E-state index in [0.29, 0.717) is 18.0 Å². The Morgan fingerprint density at radius 2 is 2.00 bits per heavy atom. The first-order chi connectivity index (χ1) is 9.76. The Hall–Kier alpha value is -2.24. The number of carbonyl (C=O) groups is 2. The number of anilines is 1. The summed E-state index contributed by atoms with van der Waals surface area (Å²) < 4.78 is 5.49. The SMILES string of the molecule is CCOc1cc(C)ccc1NC(=O)NCC(C)(C)C(N)=O. The van der Waals surface area contributed by atoms with E-state index in [-0.39, 0.29) is 6.54 Å². The molecule has 0 aromatic heterocycles. The van der Waals surface area contributed by atoms with E-state index in [1.54, 1.807) is 19.9 Å². The minimum absolute atomic E-state index is 0.157. The Labute approximate surface area is 125 Å². The molecular formula is C15H23N3O3. The largest absolute Gasteiger partial charge is 0.492 e. The van der Waals surface area contributed by atoms with Crippen molar-refractivity contribution in [1.82, 2.24) is 5.32 Å². The van der Waals surface area contributed by atoms with Gasteiger partial charge in [0.25, 0.3) is 0 Å². The smallest absolute Gasteiger partial charge is 0.319 e. The van der Waals surface area contributed by atoms with E-state index in [1.165, 1.54) is 0 Å². The Balaban J connectivity index is 2.69. The molecule has 1 aromatic rings. The maximum atomic E-state index is 11.9. The third-order valence-electron chi connectivity index (χ3n) is 3.04. The number of primary amides is 1. The highest BCUT2D eigenvalue weighted by Gasteiger charge is 2.25. The van der Waals surface area contributed by atoms with Gasteiger partial charge in [-0.15, -0.1) is 0 Å². The number of hydrogen-bond acceptors (Lipinski definition) is 3. The maximum absolute atomic E-state index is 11.9. The van der Waals surface area contributed by atoms with Crippen LogP contribution in [0.15, 0.2) is 18.2 Å². The highest BCUT2D eigenvalue weighted by Crippen LogP contribution is 2.25. The first kappa shape index (κ1) is 16.8. The number of rotatable bonds is 6. The summed E-state index contributed by atoms with van der Waals surface area (Å²) in [6.07, 6.45) is 0. The lowest BCUT2D eigenvalue weighted by molar-refractivity contribution is -0.125. The monoisotopic (exact) mass is 293 g/mol. The summed E-state index contributed by atoms with van der Waals surface area (Å²) in [5.41, 5.74) is 6.08. The third kappa shape index (κ3) is 4.98. The lowest BCUT2D eigenvalue weighted by Gasteiger charge is -2.21. The predicted molar refractivity (Wildman–Crippen MR) is 82.3 cm³/mol. The van der Waals surface area contributed by atoms with E-state index < -0.39 is 17.4 Å². The standard InChI is InChI=1S/C15H23N3O3/c1-5-21-12-8-10(2)6-7-11(12)18-14(20)17-9-15(3,4)13(16)19/h6-8H,5,9H2,1-4H3,(H2,16,19)(H2,17,18,20). The van der Waals surface area contributed by atoms with E-state index in [9.17, 15) is 9.59 Å². The number of urea groups is 1. The molecule has 3 amide bonds. The second-order valence-electron chi connectivity index (χ2n) is 5.49. The lowest BCUT2D eigenvalue weighted by Crippen LogP contribution is -2.43. The van der Waals surface area contributed by atoms with Gasteiger partial charge in [0.2, 0.25) is 5.91 Å². The summed E-state index contributed by atoms with van der Waals surface area (Å²) in [5.74, 6) is 0.148. The van der Waals surface area contributed by atoms with Crippen molar-refractivity contribution in [2.75, 3.05) is 18.5 Å². The van der Waals surface area contributed by atoms with E-state index >= 15 is 0 Å². The van der Waals surface area contributed by atoms with Gasteiger partial charge < -0.3 is 21.1 Å². The van der Waals surface area contributed by atoms with Gasteiger partial charge in [0.05, 0.1) is 17.7 Å². The van der Waals surface area contributed by atoms with Crippen LogP contribution >= 0.6 is 0 Å². The molecule has 0 fully saturated rings. The van der Waals surface area contributed by atoms with Gasteiger partial charge in [-0.25, -0.2) is 4.79 Å². The van der Waals surface area contributed by atoms with Crippen molar-refractivity contribution in [2.24, 2.45) is 11.1 Å². The summed E-state index contributed by atoms with van der Waals surface area (Å²) in [6, 6.07) is 5.10. The average Bonchev–Trinajstić information content (AvgIpc) is 2.40. The summed E-state index contributed by atoms with van der Waals surface area (Å²) >= 11 is 0. The fourth-order valence-corrected chi connectivity index (χ4v) is 1.56. The number of benzene rings is 1. The zero-order chi connectivity index (χ0) is 16.0. The first-order valence-corrected chi connectivity index (χ1v) is 6.84. The topological polar surface area (TPSA) is 93.4 Å². The molecule has 6 nitrogen and oxygen atoms in total. The van der Waals surface area contributed by atoms with Crippen LogP contribution < -0.4 is 21.1 Å². The summed E-state index contributed by atoms with van der Waals surface area (Å²) in [6.45, 7) is 7.84. The van der Waals surface area contributed by atoms with Crippen molar-refractivity contribution in [3.8, 4) is 5.75 Å². The van der Waals surface area contributed by atoms with Gasteiger partial charge in [0.15, 0.2) is 0 Å². The fourth-order valence-electron chi connectivity index (χ4n) is 1.56. The van der Waals surface area contributed by atoms with Crippen molar-refractivity contribution in [3.05, 3.63) is 23.8 Å². The van der Waals surface area contributed by atoms with Gasteiger partial charge >= 0.3 is 6.03 Å². The highest BCUT2D eigenvalue weighted by molar-refractivity contribution is 5.91. The van der Waals surface area contributed by atoms with Gasteiger partial charge in [0, 0.05) is 6.54 Å².